The van der Waals surface area contributed by atoms with Crippen molar-refractivity contribution >= 4 is 17.7 Å². The van der Waals surface area contributed by atoms with Gasteiger partial charge in [-0.25, -0.2) is 4.79 Å². The Morgan fingerprint density at radius 1 is 1.21 bits per heavy atom. The topological polar surface area (TPSA) is 80.7 Å². The summed E-state index contributed by atoms with van der Waals surface area (Å²) in [5.41, 5.74) is -0.187. The van der Waals surface area contributed by atoms with Crippen LogP contribution in [0.15, 0.2) is 11.3 Å². The lowest BCUT2D eigenvalue weighted by Crippen LogP contribution is -2.14. The number of carbonyl (C=O) groups excluding carboxylic acids is 2. The molecule has 0 saturated heterocycles. The van der Waals surface area contributed by atoms with Crippen molar-refractivity contribution in [2.75, 3.05) is 0 Å². The molecule has 78 valence electrons. The van der Waals surface area contributed by atoms with Gasteiger partial charge in [-0.1, -0.05) is 6.92 Å². The van der Waals surface area contributed by atoms with Crippen molar-refractivity contribution in [3.05, 3.63) is 11.3 Å². The average molecular weight is 200 g/mol. The number of ketones is 1. The highest BCUT2D eigenvalue weighted by Gasteiger charge is 2.19. The molecule has 0 bridgehead atoms. The number of hydrogen-bond donors (Lipinski definition) is 1. The highest BCUT2D eigenvalue weighted by atomic mass is 16.5. The predicted octanol–water partition coefficient (Wildman–Crippen LogP) is 0.887. The van der Waals surface area contributed by atoms with Gasteiger partial charge in [-0.2, -0.15) is 0 Å². The molecule has 5 nitrogen and oxygen atoms in total. The third kappa shape index (κ3) is 3.38. The molecular weight excluding hydrogens is 188 g/mol. The van der Waals surface area contributed by atoms with Crippen molar-refractivity contribution in [2.24, 2.45) is 0 Å². The number of esters is 1. The van der Waals surface area contributed by atoms with Crippen LogP contribution in [0, 0.1) is 0 Å². The summed E-state index contributed by atoms with van der Waals surface area (Å²) in [7, 11) is 0. The number of allylic oxidation sites excluding steroid dienone is 1. The Labute approximate surface area is 81.4 Å². The van der Waals surface area contributed by atoms with Crippen LogP contribution < -0.4 is 0 Å². The molecule has 5 heteroatoms. The second kappa shape index (κ2) is 5.16. The van der Waals surface area contributed by atoms with E-state index in [9.17, 15) is 14.4 Å². The van der Waals surface area contributed by atoms with E-state index in [4.69, 9.17) is 5.11 Å². The third-order valence-electron chi connectivity index (χ3n) is 1.45. The standard InChI is InChI=1S/C9H12O5/c1-4-7(9(12)13)8(5(2)10)14-6(3)11/h4H2,1-3H3,(H,12,13). The lowest BCUT2D eigenvalue weighted by molar-refractivity contribution is -0.140. The molecule has 0 amide bonds. The van der Waals surface area contributed by atoms with E-state index >= 15 is 0 Å². The minimum atomic E-state index is -1.25. The van der Waals surface area contributed by atoms with Crippen LogP contribution >= 0.6 is 0 Å². The second-order valence-corrected chi connectivity index (χ2v) is 2.62. The monoisotopic (exact) mass is 200 g/mol. The van der Waals surface area contributed by atoms with Crippen LogP contribution in [0.1, 0.15) is 27.2 Å². The molecule has 0 atom stereocenters. The molecule has 0 aromatic heterocycles. The Balaban J connectivity index is 5.20. The quantitative estimate of drug-likeness (QED) is 0.414. The van der Waals surface area contributed by atoms with Gasteiger partial charge < -0.3 is 9.84 Å². The third-order valence-corrected chi connectivity index (χ3v) is 1.45. The number of carboxylic acids is 1. The zero-order chi connectivity index (χ0) is 11.3. The minimum Gasteiger partial charge on any atom is -0.478 e. The van der Waals surface area contributed by atoms with Crippen molar-refractivity contribution in [2.45, 2.75) is 27.2 Å². The van der Waals surface area contributed by atoms with Crippen LogP contribution in [0.25, 0.3) is 0 Å². The van der Waals surface area contributed by atoms with Gasteiger partial charge in [-0.05, 0) is 6.42 Å². The maximum absolute atomic E-state index is 11.0. The summed E-state index contributed by atoms with van der Waals surface area (Å²) in [6.45, 7) is 3.82. The summed E-state index contributed by atoms with van der Waals surface area (Å²) in [6, 6.07) is 0. The largest absolute Gasteiger partial charge is 0.478 e. The van der Waals surface area contributed by atoms with E-state index < -0.39 is 17.7 Å². The van der Waals surface area contributed by atoms with E-state index in [1.54, 1.807) is 6.92 Å². The van der Waals surface area contributed by atoms with Crippen molar-refractivity contribution in [3.63, 3.8) is 0 Å². The summed E-state index contributed by atoms with van der Waals surface area (Å²) < 4.78 is 4.54. The molecule has 0 spiro atoms. The normalized spacial score (nSPS) is 11.6. The van der Waals surface area contributed by atoms with Gasteiger partial charge >= 0.3 is 11.9 Å². The van der Waals surface area contributed by atoms with Gasteiger partial charge in [0.25, 0.3) is 0 Å². The average Bonchev–Trinajstić information content (AvgIpc) is 2.02. The fourth-order valence-corrected chi connectivity index (χ4v) is 0.899. The smallest absolute Gasteiger partial charge is 0.335 e. The molecule has 0 rings (SSSR count). The summed E-state index contributed by atoms with van der Waals surface area (Å²) in [5.74, 6) is -2.91. The van der Waals surface area contributed by atoms with E-state index in [-0.39, 0.29) is 17.8 Å². The van der Waals surface area contributed by atoms with Crippen molar-refractivity contribution < 1.29 is 24.2 Å². The second-order valence-electron chi connectivity index (χ2n) is 2.62. The number of carboxylic acid groups (broad SMARTS) is 1. The van der Waals surface area contributed by atoms with Gasteiger partial charge in [0.1, 0.15) is 0 Å². The van der Waals surface area contributed by atoms with Crippen LogP contribution in [0.3, 0.4) is 0 Å². The number of hydrogen-bond acceptors (Lipinski definition) is 4. The first-order valence-corrected chi connectivity index (χ1v) is 4.05. The molecule has 0 aromatic carbocycles. The molecule has 0 unspecified atom stereocenters. The van der Waals surface area contributed by atoms with E-state index in [0.717, 1.165) is 13.8 Å². The molecule has 1 N–H and O–H groups in total. The molecular formula is C9H12O5. The van der Waals surface area contributed by atoms with Gasteiger partial charge in [-0.15, -0.1) is 0 Å². The molecule has 0 aromatic rings. The fourth-order valence-electron chi connectivity index (χ4n) is 0.899. The molecule has 0 aliphatic heterocycles. The first-order chi connectivity index (χ1) is 6.40. The van der Waals surface area contributed by atoms with Gasteiger partial charge in [0.05, 0.1) is 5.57 Å². The van der Waals surface area contributed by atoms with Crippen LogP contribution in [0.4, 0.5) is 0 Å². The predicted molar refractivity (Wildman–Crippen MR) is 47.4 cm³/mol. The minimum absolute atomic E-state index is 0.123. The van der Waals surface area contributed by atoms with E-state index in [2.05, 4.69) is 4.74 Å². The molecule has 0 aliphatic rings. The Morgan fingerprint density at radius 3 is 1.93 bits per heavy atom. The molecule has 0 aliphatic carbocycles. The number of rotatable bonds is 4. The zero-order valence-electron chi connectivity index (χ0n) is 8.29. The summed E-state index contributed by atoms with van der Waals surface area (Å²) in [5, 5.41) is 8.70. The number of Topliss-reactive ketones (excluding diaryl/α,β-unsaturated/α-hetero) is 1. The van der Waals surface area contributed by atoms with Crippen LogP contribution in [-0.2, 0) is 19.1 Å². The zero-order valence-corrected chi connectivity index (χ0v) is 8.29. The molecule has 14 heavy (non-hydrogen) atoms. The lowest BCUT2D eigenvalue weighted by atomic mass is 10.1. The first-order valence-electron chi connectivity index (χ1n) is 4.05. The van der Waals surface area contributed by atoms with Crippen molar-refractivity contribution in [1.29, 1.82) is 0 Å². The van der Waals surface area contributed by atoms with Gasteiger partial charge in [0, 0.05) is 13.8 Å². The molecule has 0 heterocycles. The fraction of sp³-hybridized carbons (Fsp3) is 0.444. The van der Waals surface area contributed by atoms with Crippen LogP contribution in [-0.4, -0.2) is 22.8 Å². The molecule has 0 fully saturated rings. The Kier molecular flexibility index (Phi) is 4.55. The van der Waals surface area contributed by atoms with Crippen molar-refractivity contribution in [1.82, 2.24) is 0 Å². The maximum Gasteiger partial charge on any atom is 0.335 e. The van der Waals surface area contributed by atoms with E-state index in [1.165, 1.54) is 0 Å². The van der Waals surface area contributed by atoms with Gasteiger partial charge in [-0.3, -0.25) is 9.59 Å². The maximum atomic E-state index is 11.0. The highest BCUT2D eigenvalue weighted by molar-refractivity contribution is 6.01. The molecule has 0 radical (unpaired) electrons. The summed E-state index contributed by atoms with van der Waals surface area (Å²) in [4.78, 5) is 32.2. The number of carbonyl (C=O) groups is 3. The summed E-state index contributed by atoms with van der Waals surface area (Å²) in [6.07, 6.45) is 0.123. The van der Waals surface area contributed by atoms with Gasteiger partial charge in [0.15, 0.2) is 11.5 Å². The lowest BCUT2D eigenvalue weighted by Gasteiger charge is -2.06. The first kappa shape index (κ1) is 12.3. The summed E-state index contributed by atoms with van der Waals surface area (Å²) >= 11 is 0. The Bertz CT molecular complexity index is 300. The number of aliphatic carboxylic acids is 1. The SMILES string of the molecule is CCC(C(=O)O)=C(OC(C)=O)C(C)=O. The van der Waals surface area contributed by atoms with Crippen molar-refractivity contribution in [3.8, 4) is 0 Å². The van der Waals surface area contributed by atoms with E-state index in [0.29, 0.717) is 0 Å². The van der Waals surface area contributed by atoms with Crippen LogP contribution in [0.2, 0.25) is 0 Å². The van der Waals surface area contributed by atoms with E-state index in [1.807, 2.05) is 0 Å². The molecule has 0 saturated carbocycles. The van der Waals surface area contributed by atoms with Gasteiger partial charge in [0.2, 0.25) is 0 Å². The Hall–Kier alpha value is -1.65. The highest BCUT2D eigenvalue weighted by Crippen LogP contribution is 2.12. The van der Waals surface area contributed by atoms with Crippen LogP contribution in [0.5, 0.6) is 0 Å². The number of ether oxygens (including phenoxy) is 1. The Morgan fingerprint density at radius 2 is 1.71 bits per heavy atom.